The molecule has 2 heterocycles. The number of aryl methyl sites for hydroxylation is 1. The Morgan fingerprint density at radius 1 is 1.12 bits per heavy atom. The Morgan fingerprint density at radius 2 is 1.84 bits per heavy atom. The zero-order valence-electron chi connectivity index (χ0n) is 14.8. The normalized spacial score (nSPS) is 12.6. The molecule has 7 heteroatoms. The molecule has 1 N–H and O–H groups in total. The number of aromatic nitrogens is 4. The van der Waals surface area contributed by atoms with Crippen LogP contribution in [0, 0.1) is 0 Å². The van der Waals surface area contributed by atoms with Crippen LogP contribution >= 0.6 is 0 Å². The van der Waals surface area contributed by atoms with Crippen molar-refractivity contribution in [1.29, 1.82) is 0 Å². The van der Waals surface area contributed by atoms with Gasteiger partial charge in [-0.15, -0.1) is 0 Å². The largest absolute Gasteiger partial charge is 0.332 e. The molecule has 132 valence electrons. The van der Waals surface area contributed by atoms with Gasteiger partial charge in [0.15, 0.2) is 11.2 Å². The summed E-state index contributed by atoms with van der Waals surface area (Å²) in [5.74, 6) is 0.412. The van der Waals surface area contributed by atoms with Crippen LogP contribution in [0.3, 0.4) is 0 Å². The van der Waals surface area contributed by atoms with Crippen LogP contribution in [0.25, 0.3) is 11.2 Å². The van der Waals surface area contributed by atoms with E-state index < -0.39 is 0 Å². The quantitative estimate of drug-likeness (QED) is 0.674. The van der Waals surface area contributed by atoms with Crippen molar-refractivity contribution in [2.45, 2.75) is 19.4 Å². The Labute approximate surface area is 145 Å². The molecule has 25 heavy (non-hydrogen) atoms. The summed E-state index contributed by atoms with van der Waals surface area (Å²) in [5.41, 5.74) is 1.51. The predicted octanol–water partition coefficient (Wildman–Crippen LogP) is 0.827. The van der Waals surface area contributed by atoms with Gasteiger partial charge in [0, 0.05) is 33.7 Å². The van der Waals surface area contributed by atoms with Gasteiger partial charge in [0.05, 0.1) is 6.33 Å². The zero-order valence-corrected chi connectivity index (χ0v) is 14.8. The van der Waals surface area contributed by atoms with Crippen molar-refractivity contribution in [3.63, 3.8) is 0 Å². The minimum Gasteiger partial charge on any atom is -0.323 e. The molecule has 0 saturated carbocycles. The molecule has 0 radical (unpaired) electrons. The molecule has 0 saturated heterocycles. The molecule has 0 aliphatic carbocycles. The standard InChI is InChI=1S/C18H23N5O2/c1-13(14-7-5-4-6-8-14)11-19-9-10-23-12-20-16-15(23)17(24)22(3)18(25)21(16)2/h4-8,12-13,19H,9-11H2,1-3H3. The number of nitrogens with one attached hydrogen (secondary N) is 1. The first-order valence-corrected chi connectivity index (χ1v) is 8.37. The van der Waals surface area contributed by atoms with Gasteiger partial charge in [-0.2, -0.15) is 0 Å². The van der Waals surface area contributed by atoms with Crippen molar-refractivity contribution in [1.82, 2.24) is 24.0 Å². The van der Waals surface area contributed by atoms with E-state index in [9.17, 15) is 9.59 Å². The minimum absolute atomic E-state index is 0.312. The minimum atomic E-state index is -0.363. The van der Waals surface area contributed by atoms with Crippen LogP contribution in [-0.2, 0) is 20.6 Å². The van der Waals surface area contributed by atoms with Crippen molar-refractivity contribution in [2.24, 2.45) is 14.1 Å². The van der Waals surface area contributed by atoms with Gasteiger partial charge in [0.1, 0.15) is 0 Å². The van der Waals surface area contributed by atoms with Crippen LogP contribution in [0.4, 0.5) is 0 Å². The highest BCUT2D eigenvalue weighted by Crippen LogP contribution is 2.12. The van der Waals surface area contributed by atoms with E-state index in [1.807, 2.05) is 18.2 Å². The summed E-state index contributed by atoms with van der Waals surface area (Å²) in [6.45, 7) is 4.37. The molecule has 0 spiro atoms. The van der Waals surface area contributed by atoms with Crippen LogP contribution in [0.2, 0.25) is 0 Å². The molecule has 3 aromatic rings. The highest BCUT2D eigenvalue weighted by atomic mass is 16.2. The topological polar surface area (TPSA) is 73.8 Å². The molecule has 3 rings (SSSR count). The van der Waals surface area contributed by atoms with Crippen molar-refractivity contribution in [2.75, 3.05) is 13.1 Å². The smallest absolute Gasteiger partial charge is 0.323 e. The van der Waals surface area contributed by atoms with E-state index in [0.29, 0.717) is 30.2 Å². The zero-order chi connectivity index (χ0) is 18.0. The summed E-state index contributed by atoms with van der Waals surface area (Å²) in [5, 5.41) is 3.42. The molecule has 7 nitrogen and oxygen atoms in total. The van der Waals surface area contributed by atoms with E-state index in [-0.39, 0.29) is 11.2 Å². The summed E-state index contributed by atoms with van der Waals surface area (Å²) < 4.78 is 4.32. The Balaban J connectivity index is 1.68. The predicted molar refractivity (Wildman–Crippen MR) is 97.9 cm³/mol. The Hall–Kier alpha value is -2.67. The fourth-order valence-corrected chi connectivity index (χ4v) is 2.98. The van der Waals surface area contributed by atoms with Crippen LogP contribution < -0.4 is 16.6 Å². The average Bonchev–Trinajstić information content (AvgIpc) is 3.06. The summed E-state index contributed by atoms with van der Waals surface area (Å²) in [6, 6.07) is 10.4. The third-order valence-electron chi connectivity index (χ3n) is 4.57. The van der Waals surface area contributed by atoms with Gasteiger partial charge in [-0.1, -0.05) is 37.3 Å². The lowest BCUT2D eigenvalue weighted by Crippen LogP contribution is -2.37. The first-order chi connectivity index (χ1) is 12.0. The van der Waals surface area contributed by atoms with Gasteiger partial charge in [-0.25, -0.2) is 9.78 Å². The SMILES string of the molecule is CC(CNCCn1cnc2c1c(=O)n(C)c(=O)n2C)c1ccccc1. The average molecular weight is 341 g/mol. The van der Waals surface area contributed by atoms with Gasteiger partial charge >= 0.3 is 5.69 Å². The Bertz CT molecular complexity index is 984. The molecule has 1 atom stereocenters. The van der Waals surface area contributed by atoms with E-state index in [1.165, 1.54) is 17.2 Å². The molecule has 1 aromatic carbocycles. The summed E-state index contributed by atoms with van der Waals surface area (Å²) in [7, 11) is 3.11. The lowest BCUT2D eigenvalue weighted by atomic mass is 10.0. The molecule has 0 amide bonds. The van der Waals surface area contributed by atoms with E-state index in [4.69, 9.17) is 0 Å². The monoisotopic (exact) mass is 341 g/mol. The van der Waals surface area contributed by atoms with Crippen molar-refractivity contribution < 1.29 is 0 Å². The van der Waals surface area contributed by atoms with Gasteiger partial charge in [-0.3, -0.25) is 13.9 Å². The van der Waals surface area contributed by atoms with Gasteiger partial charge in [-0.05, 0) is 11.5 Å². The second kappa shape index (κ2) is 7.06. The third kappa shape index (κ3) is 3.28. The van der Waals surface area contributed by atoms with Gasteiger partial charge in [0.25, 0.3) is 5.56 Å². The lowest BCUT2D eigenvalue weighted by molar-refractivity contribution is 0.569. The maximum absolute atomic E-state index is 12.4. The molecule has 2 aromatic heterocycles. The number of imidazole rings is 1. The first-order valence-electron chi connectivity index (χ1n) is 8.37. The number of hydrogen-bond donors (Lipinski definition) is 1. The van der Waals surface area contributed by atoms with E-state index in [1.54, 1.807) is 17.9 Å². The third-order valence-corrected chi connectivity index (χ3v) is 4.57. The summed E-state index contributed by atoms with van der Waals surface area (Å²) in [6.07, 6.45) is 1.62. The highest BCUT2D eigenvalue weighted by molar-refractivity contribution is 5.69. The number of nitrogens with zero attached hydrogens (tertiary/aromatic N) is 4. The molecule has 1 unspecified atom stereocenters. The maximum Gasteiger partial charge on any atom is 0.332 e. The Morgan fingerprint density at radius 3 is 2.56 bits per heavy atom. The number of fused-ring (bicyclic) bond motifs is 1. The summed E-state index contributed by atoms with van der Waals surface area (Å²) in [4.78, 5) is 28.6. The van der Waals surface area contributed by atoms with Crippen LogP contribution in [0.1, 0.15) is 18.4 Å². The second-order valence-corrected chi connectivity index (χ2v) is 6.33. The summed E-state index contributed by atoms with van der Waals surface area (Å²) >= 11 is 0. The maximum atomic E-state index is 12.4. The number of hydrogen-bond acceptors (Lipinski definition) is 4. The Kier molecular flexibility index (Phi) is 4.85. The van der Waals surface area contributed by atoms with Gasteiger partial charge in [0.2, 0.25) is 0 Å². The van der Waals surface area contributed by atoms with Crippen molar-refractivity contribution >= 4 is 11.2 Å². The molecule has 0 bridgehead atoms. The lowest BCUT2D eigenvalue weighted by Gasteiger charge is -2.13. The van der Waals surface area contributed by atoms with E-state index in [2.05, 4.69) is 29.4 Å². The van der Waals surface area contributed by atoms with Crippen LogP contribution in [0.5, 0.6) is 0 Å². The fourth-order valence-electron chi connectivity index (χ4n) is 2.98. The molecular formula is C18H23N5O2. The van der Waals surface area contributed by atoms with Crippen LogP contribution in [0.15, 0.2) is 46.2 Å². The first kappa shape index (κ1) is 17.2. The van der Waals surface area contributed by atoms with Gasteiger partial charge < -0.3 is 9.88 Å². The molecule has 0 aliphatic heterocycles. The van der Waals surface area contributed by atoms with E-state index in [0.717, 1.165) is 11.1 Å². The molecule has 0 fully saturated rings. The fraction of sp³-hybridized carbons (Fsp3) is 0.389. The number of benzene rings is 1. The van der Waals surface area contributed by atoms with Crippen molar-refractivity contribution in [3.05, 3.63) is 63.1 Å². The number of rotatable bonds is 6. The molecular weight excluding hydrogens is 318 g/mol. The van der Waals surface area contributed by atoms with E-state index >= 15 is 0 Å². The molecule has 0 aliphatic rings. The highest BCUT2D eigenvalue weighted by Gasteiger charge is 2.14. The van der Waals surface area contributed by atoms with Crippen LogP contribution in [-0.4, -0.2) is 31.8 Å². The second-order valence-electron chi connectivity index (χ2n) is 6.33. The van der Waals surface area contributed by atoms with Crippen molar-refractivity contribution in [3.8, 4) is 0 Å².